The number of carboxylic acids is 2. The Kier molecular flexibility index (Phi) is 38.5. The molecule has 11 N–H and O–H groups in total. The number of sulfonamides is 4. The second-order valence-electron chi connectivity index (χ2n) is 20.1. The van der Waals surface area contributed by atoms with E-state index in [9.17, 15) is 84.0 Å². The maximum absolute atomic E-state index is 13.9. The second kappa shape index (κ2) is 42.6. The maximum atomic E-state index is 13.9. The number of rotatable bonds is 21. The van der Waals surface area contributed by atoms with E-state index >= 15 is 0 Å². The summed E-state index contributed by atoms with van der Waals surface area (Å²) in [5.41, 5.74) is 7.94. The quantitative estimate of drug-likeness (QED) is 0.0140. The first-order valence-corrected chi connectivity index (χ1v) is 38.0. The highest BCUT2D eigenvalue weighted by atomic mass is 79.9. The van der Waals surface area contributed by atoms with Crippen LogP contribution in [0.15, 0.2) is 120 Å². The molecule has 102 heavy (non-hydrogen) atoms. The number of aromatic carboxylic acids is 2. The zero-order chi connectivity index (χ0) is 77.1. The number of fused-ring (bicyclic) bond motifs is 1. The van der Waals surface area contributed by atoms with Crippen LogP contribution in [0.5, 0.6) is 0 Å². The molecule has 0 amide bonds. The number of hydrogen-bond donors (Lipinski definition) is 9. The third-order valence-electron chi connectivity index (χ3n) is 11.9. The van der Waals surface area contributed by atoms with Gasteiger partial charge in [0, 0.05) is 27.3 Å². The lowest BCUT2D eigenvalue weighted by atomic mass is 10.1. The van der Waals surface area contributed by atoms with Crippen molar-refractivity contribution < 1.29 is 94.2 Å². The highest BCUT2D eigenvalue weighted by Crippen LogP contribution is 2.30. The fourth-order valence-electron chi connectivity index (χ4n) is 7.57. The summed E-state index contributed by atoms with van der Waals surface area (Å²) in [5, 5.41) is 17.7. The standard InChI is InChI=1S/C11H13ClFNO3S.C10H11ClFNO4S.C10H11ClFNO3S.C10H12FNO4S.C8H7ClFNO.C7H5BrN2.C6H5ClFN.CH4/c1-3-6-18(16,17)14-9-5-4-8(12)10(7(2)15)11(9)13;1-2-5-18(16,17)13-7-4-3-6(11)8(9(7)12)10(14)15;1-2-6-17(15,16)13-8-5-3-4-7(9(8)12)10(11)14;1-2-6-17(15,16)12-8-5-3-4-7(9(8)11)10(13)14;1-4(12)7-5(9)2-3-6(11)8(7)10;8-6-3-5-1-2-9-7(5)10-4-6;7-4-1-2-6(9)5(8)3-4;/h4-5,14H,3,6H2,1-2H3;3-4,13H,2,5H2,1H3,(H,14,15);3-5,13H,2,6H2,1H3;3-5,12H,2,6H2,1H3,(H,13,14);2-3H,11H2,1H3;1-4H,(H,9,10);1-3H,9H2;1H4. The number of nitrogen functional groups attached to an aromatic ring is 2. The van der Waals surface area contributed by atoms with Crippen LogP contribution in [0.25, 0.3) is 11.0 Å². The monoisotopic (exact) mass is 1670 g/mol. The number of pyridine rings is 1. The average Bonchev–Trinajstić information content (AvgIpc) is 1.25. The summed E-state index contributed by atoms with van der Waals surface area (Å²) in [6.07, 6.45) is 5.21. The Labute approximate surface area is 618 Å². The Hall–Kier alpha value is -7.93. The zero-order valence-electron chi connectivity index (χ0n) is 53.6. The number of nitrogens with one attached hydrogen (secondary N) is 5. The molecule has 23 nitrogen and oxygen atoms in total. The van der Waals surface area contributed by atoms with E-state index < -0.39 is 121 Å². The third-order valence-corrected chi connectivity index (χ3v) is 19.7. The molecule has 0 saturated heterocycles. The number of carbonyl (C=O) groups excluding carboxylic acids is 3. The van der Waals surface area contributed by atoms with E-state index in [1.165, 1.54) is 73.7 Å². The number of aromatic amines is 1. The number of nitrogens with zero attached hydrogens (tertiary/aromatic N) is 1. The van der Waals surface area contributed by atoms with Crippen molar-refractivity contribution >= 4 is 188 Å². The lowest BCUT2D eigenvalue weighted by Gasteiger charge is -2.10. The van der Waals surface area contributed by atoms with Crippen LogP contribution in [0.1, 0.15) is 126 Å². The molecule has 6 aromatic carbocycles. The molecule has 8 rings (SSSR count). The summed E-state index contributed by atoms with van der Waals surface area (Å²) in [7, 11) is -14.5. The molecule has 0 aliphatic heterocycles. The van der Waals surface area contributed by atoms with Crippen molar-refractivity contribution in [2.24, 2.45) is 0 Å². The molecule has 0 unspecified atom stereocenters. The Morgan fingerprint density at radius 1 is 0.500 bits per heavy atom. The molecular formula is C63H68BrCl5F6N8O15S4. The number of aromatic nitrogens is 2. The van der Waals surface area contributed by atoms with E-state index in [1.54, 1.807) is 40.0 Å². The molecule has 0 aliphatic carbocycles. The molecule has 0 radical (unpaired) electrons. The fraction of sp³-hybridized carbons (Fsp3) is 0.238. The van der Waals surface area contributed by atoms with Crippen molar-refractivity contribution in [1.29, 1.82) is 0 Å². The Bertz CT molecular complexity index is 4570. The SMILES string of the molecule is Brc1cnc2[nH]ccc2c1.C.CC(=O)c1c(Cl)ccc(N)c1F.CCCS(=O)(=O)Nc1ccc(Cl)c(C(=O)O)c1F.CCCS(=O)(=O)Nc1ccc(Cl)c(C(C)=O)c1F.CCCS(=O)(=O)Nc1cccc(C(=O)Cl)c1F.CCCS(=O)(=O)Nc1cccc(C(=O)O)c1F.Nc1ccc(Cl)cc1F. The molecule has 2 aromatic heterocycles. The van der Waals surface area contributed by atoms with Crippen LogP contribution in [-0.4, -0.2) is 106 Å². The van der Waals surface area contributed by atoms with Crippen molar-refractivity contribution in [2.75, 3.05) is 53.4 Å². The highest BCUT2D eigenvalue weighted by molar-refractivity contribution is 9.10. The number of nitrogens with two attached hydrogens (primary N) is 2. The maximum Gasteiger partial charge on any atom is 0.340 e. The van der Waals surface area contributed by atoms with Gasteiger partial charge in [0.05, 0.1) is 94.5 Å². The minimum atomic E-state index is -3.69. The first-order chi connectivity index (χ1) is 46.9. The first-order valence-electron chi connectivity index (χ1n) is 28.7. The Morgan fingerprint density at radius 3 is 1.25 bits per heavy atom. The third kappa shape index (κ3) is 30.2. The molecule has 0 saturated carbocycles. The first kappa shape index (κ1) is 92.1. The van der Waals surface area contributed by atoms with Crippen molar-refractivity contribution in [2.45, 2.75) is 74.7 Å². The number of hydrogen-bond acceptors (Lipinski definition) is 16. The number of halogens is 12. The summed E-state index contributed by atoms with van der Waals surface area (Å²) < 4.78 is 181. The van der Waals surface area contributed by atoms with E-state index in [-0.39, 0.29) is 90.6 Å². The summed E-state index contributed by atoms with van der Waals surface area (Å²) in [4.78, 5) is 61.5. The predicted molar refractivity (Wildman–Crippen MR) is 393 cm³/mol. The van der Waals surface area contributed by atoms with Gasteiger partial charge in [-0.25, -0.2) is 74.6 Å². The van der Waals surface area contributed by atoms with Gasteiger partial charge in [0.25, 0.3) is 5.24 Å². The van der Waals surface area contributed by atoms with Gasteiger partial charge in [0.1, 0.15) is 17.0 Å². The van der Waals surface area contributed by atoms with Gasteiger partial charge in [-0.15, -0.1) is 0 Å². The number of anilines is 6. The van der Waals surface area contributed by atoms with Gasteiger partial charge in [-0.3, -0.25) is 33.3 Å². The number of carbonyl (C=O) groups is 5. The molecule has 0 bridgehead atoms. The largest absolute Gasteiger partial charge is 0.478 e. The van der Waals surface area contributed by atoms with E-state index in [0.717, 1.165) is 40.6 Å². The van der Waals surface area contributed by atoms with Crippen molar-refractivity contribution in [1.82, 2.24) is 9.97 Å². The summed E-state index contributed by atoms with van der Waals surface area (Å²) in [5.74, 6) is -9.97. The summed E-state index contributed by atoms with van der Waals surface area (Å²) in [6.45, 7) is 9.11. The summed E-state index contributed by atoms with van der Waals surface area (Å²) in [6, 6.07) is 22.8. The number of Topliss-reactive ketones (excluding diaryl/α,β-unsaturated/α-hetero) is 2. The second-order valence-corrected chi connectivity index (χ2v) is 30.4. The van der Waals surface area contributed by atoms with Crippen LogP contribution in [-0.2, 0) is 40.1 Å². The lowest BCUT2D eigenvalue weighted by molar-refractivity contribution is 0.0681. The van der Waals surface area contributed by atoms with Crippen LogP contribution in [0.2, 0.25) is 20.1 Å². The Morgan fingerprint density at radius 2 is 0.873 bits per heavy atom. The topological polar surface area (TPSA) is 391 Å². The van der Waals surface area contributed by atoms with Crippen LogP contribution >= 0.6 is 73.9 Å². The normalized spacial score (nSPS) is 10.8. The highest BCUT2D eigenvalue weighted by Gasteiger charge is 2.24. The molecule has 0 atom stereocenters. The number of H-pyrrole nitrogens is 1. The van der Waals surface area contributed by atoms with E-state index in [0.29, 0.717) is 30.7 Å². The molecule has 0 fully saturated rings. The molecule has 0 spiro atoms. The van der Waals surface area contributed by atoms with E-state index in [4.69, 9.17) is 79.7 Å². The van der Waals surface area contributed by atoms with Crippen molar-refractivity contribution in [3.8, 4) is 0 Å². The minimum absolute atomic E-state index is 0. The van der Waals surface area contributed by atoms with E-state index in [2.05, 4.69) is 35.3 Å². The number of carboxylic acid groups (broad SMARTS) is 2. The molecular weight excluding hydrogens is 1610 g/mol. The van der Waals surface area contributed by atoms with Crippen LogP contribution in [0.4, 0.5) is 60.5 Å². The van der Waals surface area contributed by atoms with Crippen LogP contribution in [0.3, 0.4) is 0 Å². The molecule has 39 heteroatoms. The van der Waals surface area contributed by atoms with Gasteiger partial charge in [-0.05, 0) is 158 Å². The van der Waals surface area contributed by atoms with Gasteiger partial charge in [-0.2, -0.15) is 0 Å². The molecule has 0 aliphatic rings. The zero-order valence-corrected chi connectivity index (χ0v) is 62.2. The smallest absolute Gasteiger partial charge is 0.340 e. The van der Waals surface area contributed by atoms with Gasteiger partial charge in [0.2, 0.25) is 40.1 Å². The average molecular weight is 1680 g/mol. The molecule has 8 aromatic rings. The lowest BCUT2D eigenvalue weighted by Crippen LogP contribution is -2.18. The predicted octanol–water partition coefficient (Wildman–Crippen LogP) is 16.5. The van der Waals surface area contributed by atoms with Gasteiger partial charge < -0.3 is 26.7 Å². The summed E-state index contributed by atoms with van der Waals surface area (Å²) >= 11 is 30.7. The Balaban J connectivity index is 0.000000601. The van der Waals surface area contributed by atoms with Crippen LogP contribution in [0, 0.1) is 34.9 Å². The van der Waals surface area contributed by atoms with Crippen molar-refractivity contribution in [3.63, 3.8) is 0 Å². The number of ketones is 2. The van der Waals surface area contributed by atoms with E-state index in [1.807, 2.05) is 27.8 Å². The fourth-order valence-corrected chi connectivity index (χ4v) is 13.5. The van der Waals surface area contributed by atoms with Gasteiger partial charge >= 0.3 is 11.9 Å². The minimum Gasteiger partial charge on any atom is -0.478 e. The molecule has 2 heterocycles. The van der Waals surface area contributed by atoms with Crippen molar-refractivity contribution in [3.05, 3.63) is 203 Å². The van der Waals surface area contributed by atoms with Gasteiger partial charge in [0.15, 0.2) is 40.7 Å². The van der Waals surface area contributed by atoms with Gasteiger partial charge in [-0.1, -0.05) is 93.7 Å². The van der Waals surface area contributed by atoms with Crippen LogP contribution < -0.4 is 30.4 Å². The molecule has 558 valence electrons. The number of benzene rings is 6.